The molecule has 2 heterocycles. The van der Waals surface area contributed by atoms with E-state index < -0.39 is 0 Å². The van der Waals surface area contributed by atoms with E-state index in [-0.39, 0.29) is 11.7 Å². The van der Waals surface area contributed by atoms with Crippen LogP contribution in [0, 0.1) is 12.7 Å². The van der Waals surface area contributed by atoms with Gasteiger partial charge >= 0.3 is 0 Å². The molecule has 144 valence electrons. The monoisotopic (exact) mass is 404 g/mol. The van der Waals surface area contributed by atoms with Crippen LogP contribution in [0.1, 0.15) is 11.4 Å². The quantitative estimate of drug-likeness (QED) is 0.471. The summed E-state index contributed by atoms with van der Waals surface area (Å²) in [6, 6.07) is 15.8. The normalized spacial score (nSPS) is 11.1. The number of aryl methyl sites for hydroxylation is 1. The fraction of sp³-hybridized carbons (Fsp3) is 0.0455. The van der Waals surface area contributed by atoms with Gasteiger partial charge in [0.05, 0.1) is 11.9 Å². The molecule has 0 fully saturated rings. The predicted molar refractivity (Wildman–Crippen MR) is 113 cm³/mol. The Morgan fingerprint density at radius 3 is 2.66 bits per heavy atom. The van der Waals surface area contributed by atoms with Crippen LogP contribution in [-0.2, 0) is 4.79 Å². The number of carbonyl (C=O) groups is 1. The minimum atomic E-state index is -0.289. The van der Waals surface area contributed by atoms with Crippen LogP contribution >= 0.6 is 11.3 Å². The van der Waals surface area contributed by atoms with E-state index >= 15 is 0 Å². The molecule has 0 aliphatic heterocycles. The first-order valence-corrected chi connectivity index (χ1v) is 9.78. The summed E-state index contributed by atoms with van der Waals surface area (Å²) < 4.78 is 14.9. The highest BCUT2D eigenvalue weighted by Gasteiger charge is 2.14. The summed E-state index contributed by atoms with van der Waals surface area (Å²) in [4.78, 5) is 21.3. The van der Waals surface area contributed by atoms with Crippen molar-refractivity contribution in [3.8, 4) is 16.4 Å². The van der Waals surface area contributed by atoms with Crippen molar-refractivity contribution >= 4 is 29.1 Å². The Kier molecular flexibility index (Phi) is 5.31. The standard InChI is InChI=1S/C22H17FN4OS/c1-15-24-13-20(26-21(28)12-7-16-5-3-2-4-6-16)27(15)22-25-19(14-29-22)17-8-10-18(23)11-9-17/h2-14H,1H3,(H,26,28)/b12-7+. The minimum absolute atomic E-state index is 0.259. The lowest BCUT2D eigenvalue weighted by Crippen LogP contribution is -2.12. The van der Waals surface area contributed by atoms with Gasteiger partial charge in [0, 0.05) is 17.0 Å². The fourth-order valence-corrected chi connectivity index (χ4v) is 3.69. The topological polar surface area (TPSA) is 59.8 Å². The smallest absolute Gasteiger partial charge is 0.249 e. The summed E-state index contributed by atoms with van der Waals surface area (Å²) in [5.74, 6) is 0.686. The lowest BCUT2D eigenvalue weighted by atomic mass is 10.2. The number of amides is 1. The largest absolute Gasteiger partial charge is 0.307 e. The van der Waals surface area contributed by atoms with E-state index in [9.17, 15) is 9.18 Å². The molecule has 2 aromatic heterocycles. The number of hydrogen-bond donors (Lipinski definition) is 1. The zero-order chi connectivity index (χ0) is 20.2. The number of benzene rings is 2. The van der Waals surface area contributed by atoms with Gasteiger partial charge in [0.1, 0.15) is 17.5 Å². The number of aromatic nitrogens is 3. The van der Waals surface area contributed by atoms with Gasteiger partial charge in [0.15, 0.2) is 5.13 Å². The van der Waals surface area contributed by atoms with E-state index in [2.05, 4.69) is 15.3 Å². The molecule has 0 radical (unpaired) electrons. The highest BCUT2D eigenvalue weighted by molar-refractivity contribution is 7.12. The maximum absolute atomic E-state index is 13.2. The van der Waals surface area contributed by atoms with Crippen LogP contribution < -0.4 is 5.32 Å². The molecule has 4 aromatic rings. The Labute approximate surface area is 171 Å². The molecule has 0 bridgehead atoms. The van der Waals surface area contributed by atoms with Crippen LogP contribution in [0.3, 0.4) is 0 Å². The predicted octanol–water partition coefficient (Wildman–Crippen LogP) is 5.10. The van der Waals surface area contributed by atoms with Gasteiger partial charge in [-0.1, -0.05) is 30.3 Å². The van der Waals surface area contributed by atoms with Gasteiger partial charge in [-0.25, -0.2) is 14.4 Å². The van der Waals surface area contributed by atoms with E-state index in [0.717, 1.165) is 16.8 Å². The first-order valence-electron chi connectivity index (χ1n) is 8.90. The average molecular weight is 404 g/mol. The first kappa shape index (κ1) is 18.8. The minimum Gasteiger partial charge on any atom is -0.307 e. The van der Waals surface area contributed by atoms with Crippen molar-refractivity contribution in [3.63, 3.8) is 0 Å². The molecule has 29 heavy (non-hydrogen) atoms. The van der Waals surface area contributed by atoms with Crippen molar-refractivity contribution in [1.82, 2.24) is 14.5 Å². The maximum Gasteiger partial charge on any atom is 0.249 e. The number of imidazole rings is 1. The van der Waals surface area contributed by atoms with Crippen LogP contribution in [-0.4, -0.2) is 20.4 Å². The van der Waals surface area contributed by atoms with E-state index in [0.29, 0.717) is 16.8 Å². The van der Waals surface area contributed by atoms with Gasteiger partial charge in [0.2, 0.25) is 5.91 Å². The van der Waals surface area contributed by atoms with Crippen molar-refractivity contribution in [3.05, 3.63) is 89.5 Å². The second-order valence-electron chi connectivity index (χ2n) is 6.28. The van der Waals surface area contributed by atoms with Gasteiger partial charge < -0.3 is 5.32 Å². The van der Waals surface area contributed by atoms with E-state index in [1.807, 2.05) is 42.6 Å². The molecule has 0 saturated heterocycles. The molecular formula is C22H17FN4OS. The molecule has 2 aromatic carbocycles. The number of thiazole rings is 1. The third-order valence-corrected chi connectivity index (χ3v) is 5.07. The molecule has 0 spiro atoms. The molecule has 4 rings (SSSR count). The van der Waals surface area contributed by atoms with Gasteiger partial charge in [0.25, 0.3) is 0 Å². The summed E-state index contributed by atoms with van der Waals surface area (Å²) in [6.07, 6.45) is 4.83. The van der Waals surface area contributed by atoms with Gasteiger partial charge in [-0.2, -0.15) is 0 Å². The third kappa shape index (κ3) is 4.30. The first-order chi connectivity index (χ1) is 14.1. The van der Waals surface area contributed by atoms with Crippen LogP contribution in [0.4, 0.5) is 10.2 Å². The van der Waals surface area contributed by atoms with E-state index in [1.54, 1.807) is 29.0 Å². The Balaban J connectivity index is 1.55. The molecule has 5 nitrogen and oxygen atoms in total. The van der Waals surface area contributed by atoms with Crippen molar-refractivity contribution in [1.29, 1.82) is 0 Å². The Morgan fingerprint density at radius 1 is 1.14 bits per heavy atom. The summed E-state index contributed by atoms with van der Waals surface area (Å²) in [5, 5.41) is 5.41. The van der Waals surface area contributed by atoms with Crippen molar-refractivity contribution in [2.45, 2.75) is 6.92 Å². The van der Waals surface area contributed by atoms with Crippen LogP contribution in [0.15, 0.2) is 72.3 Å². The van der Waals surface area contributed by atoms with Gasteiger partial charge in [-0.3, -0.25) is 9.36 Å². The summed E-state index contributed by atoms with van der Waals surface area (Å²) >= 11 is 1.42. The maximum atomic E-state index is 13.2. The van der Waals surface area contributed by atoms with Crippen LogP contribution in [0.2, 0.25) is 0 Å². The number of rotatable bonds is 5. The number of nitrogens with zero attached hydrogens (tertiary/aromatic N) is 3. The number of carbonyl (C=O) groups excluding carboxylic acids is 1. The average Bonchev–Trinajstić information content (AvgIpc) is 3.34. The molecular weight excluding hydrogens is 387 g/mol. The molecule has 0 unspecified atom stereocenters. The second kappa shape index (κ2) is 8.20. The summed E-state index contributed by atoms with van der Waals surface area (Å²) in [6.45, 7) is 1.84. The number of nitrogens with one attached hydrogen (secondary N) is 1. The summed E-state index contributed by atoms with van der Waals surface area (Å²) in [5.41, 5.74) is 2.50. The van der Waals surface area contributed by atoms with Crippen LogP contribution in [0.5, 0.6) is 0 Å². The van der Waals surface area contributed by atoms with Crippen molar-refractivity contribution in [2.24, 2.45) is 0 Å². The van der Waals surface area contributed by atoms with Gasteiger partial charge in [-0.05, 0) is 42.8 Å². The molecule has 0 saturated carbocycles. The molecule has 7 heteroatoms. The highest BCUT2D eigenvalue weighted by Crippen LogP contribution is 2.27. The summed E-state index contributed by atoms with van der Waals surface area (Å²) in [7, 11) is 0. The number of halogens is 1. The molecule has 0 atom stereocenters. The van der Waals surface area contributed by atoms with Crippen molar-refractivity contribution in [2.75, 3.05) is 5.32 Å². The van der Waals surface area contributed by atoms with Crippen LogP contribution in [0.25, 0.3) is 22.5 Å². The number of hydrogen-bond acceptors (Lipinski definition) is 4. The third-order valence-electron chi connectivity index (χ3n) is 4.24. The molecule has 0 aliphatic carbocycles. The molecule has 1 N–H and O–H groups in total. The lowest BCUT2D eigenvalue weighted by molar-refractivity contribution is -0.111. The fourth-order valence-electron chi connectivity index (χ4n) is 2.80. The highest BCUT2D eigenvalue weighted by atomic mass is 32.1. The van der Waals surface area contributed by atoms with Gasteiger partial charge in [-0.15, -0.1) is 11.3 Å². The van der Waals surface area contributed by atoms with E-state index in [4.69, 9.17) is 0 Å². The molecule has 0 aliphatic rings. The lowest BCUT2D eigenvalue weighted by Gasteiger charge is -2.07. The zero-order valence-electron chi connectivity index (χ0n) is 15.5. The second-order valence-corrected chi connectivity index (χ2v) is 7.12. The zero-order valence-corrected chi connectivity index (χ0v) is 16.4. The Bertz CT molecular complexity index is 1160. The van der Waals surface area contributed by atoms with E-state index in [1.165, 1.54) is 29.5 Å². The Morgan fingerprint density at radius 2 is 1.90 bits per heavy atom. The van der Waals surface area contributed by atoms with Crippen molar-refractivity contribution < 1.29 is 9.18 Å². The Hall–Kier alpha value is -3.58. The number of anilines is 1. The molecule has 1 amide bonds. The SMILES string of the molecule is Cc1ncc(NC(=O)/C=C/c2ccccc2)n1-c1nc(-c2ccc(F)cc2)cs1.